The fourth-order valence-corrected chi connectivity index (χ4v) is 7.75. The van der Waals surface area contributed by atoms with Crippen LogP contribution in [0, 0.1) is 11.8 Å². The molecule has 2 amide bonds. The summed E-state index contributed by atoms with van der Waals surface area (Å²) in [5.74, 6) is -0.573. The number of rotatable bonds is 7. The molecule has 0 saturated heterocycles. The molecule has 0 aromatic carbocycles. The Morgan fingerprint density at radius 1 is 0.750 bits per heavy atom. The Morgan fingerprint density at radius 2 is 1.14 bits per heavy atom. The molecular formula is C26H32N2O6S2. The molecule has 2 aliphatic rings. The second-order valence-corrected chi connectivity index (χ2v) is 11.9. The lowest BCUT2D eigenvalue weighted by Gasteiger charge is -2.18. The van der Waals surface area contributed by atoms with E-state index in [-0.39, 0.29) is 24.7 Å². The highest BCUT2D eigenvalue weighted by atomic mass is 32.1. The molecule has 2 heterocycles. The molecule has 2 N–H and O–H groups in total. The molecule has 0 unspecified atom stereocenters. The zero-order valence-electron chi connectivity index (χ0n) is 21.1. The van der Waals surface area contributed by atoms with Gasteiger partial charge in [-0.25, -0.2) is 9.59 Å². The minimum absolute atomic E-state index is 0.0545. The van der Waals surface area contributed by atoms with E-state index in [9.17, 15) is 19.2 Å². The van der Waals surface area contributed by atoms with E-state index < -0.39 is 11.9 Å². The van der Waals surface area contributed by atoms with Crippen LogP contribution in [0.15, 0.2) is 0 Å². The van der Waals surface area contributed by atoms with Gasteiger partial charge in [0.1, 0.15) is 10.0 Å². The van der Waals surface area contributed by atoms with Crippen molar-refractivity contribution in [3.63, 3.8) is 0 Å². The molecule has 0 saturated carbocycles. The van der Waals surface area contributed by atoms with E-state index in [2.05, 4.69) is 24.5 Å². The van der Waals surface area contributed by atoms with Crippen molar-refractivity contribution in [2.45, 2.75) is 65.2 Å². The second kappa shape index (κ2) is 11.1. The third-order valence-electron chi connectivity index (χ3n) is 6.89. The third-order valence-corrected chi connectivity index (χ3v) is 9.23. The molecule has 8 nitrogen and oxygen atoms in total. The lowest BCUT2D eigenvalue weighted by atomic mass is 9.88. The van der Waals surface area contributed by atoms with E-state index in [0.29, 0.717) is 33.0 Å². The van der Waals surface area contributed by atoms with Crippen molar-refractivity contribution in [2.75, 3.05) is 24.9 Å². The normalized spacial score (nSPS) is 18.6. The summed E-state index contributed by atoms with van der Waals surface area (Å²) in [4.78, 5) is 52.5. The Kier molecular flexibility index (Phi) is 8.14. The monoisotopic (exact) mass is 532 g/mol. The Hall–Kier alpha value is -2.72. The molecule has 2 aromatic heterocycles. The van der Waals surface area contributed by atoms with E-state index >= 15 is 0 Å². The summed E-state index contributed by atoms with van der Waals surface area (Å²) in [5, 5.41) is 6.63. The number of esters is 2. The van der Waals surface area contributed by atoms with Gasteiger partial charge in [0, 0.05) is 22.6 Å². The number of methoxy groups -OCH3 is 2. The predicted octanol–water partition coefficient (Wildman–Crippen LogP) is 4.99. The third kappa shape index (κ3) is 5.49. The van der Waals surface area contributed by atoms with Gasteiger partial charge in [0.15, 0.2) is 0 Å². The number of carbonyl (C=O) groups is 4. The maximum atomic E-state index is 12.7. The van der Waals surface area contributed by atoms with Gasteiger partial charge in [-0.05, 0) is 61.5 Å². The van der Waals surface area contributed by atoms with Gasteiger partial charge in [-0.1, -0.05) is 13.8 Å². The quantitative estimate of drug-likeness (QED) is 0.486. The topological polar surface area (TPSA) is 111 Å². The first-order valence-electron chi connectivity index (χ1n) is 12.3. The Morgan fingerprint density at radius 3 is 1.50 bits per heavy atom. The van der Waals surface area contributed by atoms with Gasteiger partial charge in [-0.15, -0.1) is 22.7 Å². The summed E-state index contributed by atoms with van der Waals surface area (Å²) >= 11 is 2.83. The number of thiophene rings is 2. The SMILES string of the molecule is COC(=O)c1c(NC(=O)CCC(=O)Nc2sc3c(c2C(=O)OC)CC[C@@H](C)C3)sc2c1CC[C@@H](C)C2. The average Bonchev–Trinajstić information content (AvgIpc) is 3.37. The molecule has 4 rings (SSSR count). The number of nitrogens with one attached hydrogen (secondary N) is 2. The van der Waals surface area contributed by atoms with Crippen LogP contribution in [0.5, 0.6) is 0 Å². The van der Waals surface area contributed by atoms with E-state index in [4.69, 9.17) is 9.47 Å². The highest BCUT2D eigenvalue weighted by Gasteiger charge is 2.30. The van der Waals surface area contributed by atoms with Crippen molar-refractivity contribution < 1.29 is 28.7 Å². The van der Waals surface area contributed by atoms with E-state index in [1.54, 1.807) is 0 Å². The van der Waals surface area contributed by atoms with Gasteiger partial charge in [0.2, 0.25) is 11.8 Å². The highest BCUT2D eigenvalue weighted by Crippen LogP contribution is 2.41. The first-order valence-corrected chi connectivity index (χ1v) is 13.9. The molecule has 0 bridgehead atoms. The van der Waals surface area contributed by atoms with E-state index in [1.165, 1.54) is 36.9 Å². The molecule has 2 aromatic rings. The zero-order chi connectivity index (χ0) is 26.0. The highest BCUT2D eigenvalue weighted by molar-refractivity contribution is 7.17. The smallest absolute Gasteiger partial charge is 0.341 e. The summed E-state index contributed by atoms with van der Waals surface area (Å²) in [6, 6.07) is 0. The second-order valence-electron chi connectivity index (χ2n) is 9.69. The van der Waals surface area contributed by atoms with Crippen LogP contribution in [0.4, 0.5) is 10.0 Å². The maximum absolute atomic E-state index is 12.7. The van der Waals surface area contributed by atoms with Gasteiger partial charge in [0.25, 0.3) is 0 Å². The van der Waals surface area contributed by atoms with Crippen LogP contribution >= 0.6 is 22.7 Å². The summed E-state index contributed by atoms with van der Waals surface area (Å²) in [6.07, 6.45) is 5.16. The molecule has 10 heteroatoms. The van der Waals surface area contributed by atoms with Crippen molar-refractivity contribution in [2.24, 2.45) is 11.8 Å². The molecule has 2 aliphatic carbocycles. The standard InChI is InChI=1S/C26H32N2O6S2/c1-13-5-7-15-17(11-13)35-23(21(15)25(31)33-3)27-19(29)9-10-20(30)28-24-22(26(32)34-4)16-8-6-14(2)12-18(16)36-24/h13-14H,5-12H2,1-4H3,(H,27,29)(H,28,30)/t13-,14-/m1/s1. The number of ether oxygens (including phenoxy) is 2. The summed E-state index contributed by atoms with van der Waals surface area (Å²) in [6.45, 7) is 4.35. The lowest BCUT2D eigenvalue weighted by molar-refractivity contribution is -0.121. The lowest BCUT2D eigenvalue weighted by Crippen LogP contribution is -2.19. The molecule has 36 heavy (non-hydrogen) atoms. The van der Waals surface area contributed by atoms with Crippen molar-refractivity contribution >= 4 is 56.4 Å². The molecule has 0 fully saturated rings. The Bertz CT molecular complexity index is 1110. The molecule has 194 valence electrons. The van der Waals surface area contributed by atoms with Crippen molar-refractivity contribution in [1.82, 2.24) is 0 Å². The number of fused-ring (bicyclic) bond motifs is 2. The van der Waals surface area contributed by atoms with E-state index in [0.717, 1.165) is 59.4 Å². The number of amides is 2. The molecular weight excluding hydrogens is 500 g/mol. The maximum Gasteiger partial charge on any atom is 0.341 e. The first-order chi connectivity index (χ1) is 17.2. The van der Waals surface area contributed by atoms with Gasteiger partial charge >= 0.3 is 11.9 Å². The number of hydrogen-bond donors (Lipinski definition) is 2. The van der Waals surface area contributed by atoms with Crippen LogP contribution in [0.2, 0.25) is 0 Å². The zero-order valence-corrected chi connectivity index (χ0v) is 22.7. The first kappa shape index (κ1) is 26.3. The Labute approximate surface area is 218 Å². The van der Waals surface area contributed by atoms with Gasteiger partial charge in [0.05, 0.1) is 25.3 Å². The molecule has 0 radical (unpaired) electrons. The average molecular weight is 533 g/mol. The number of hydrogen-bond acceptors (Lipinski definition) is 8. The van der Waals surface area contributed by atoms with Crippen LogP contribution in [-0.4, -0.2) is 38.0 Å². The van der Waals surface area contributed by atoms with Crippen molar-refractivity contribution in [3.05, 3.63) is 32.0 Å². The van der Waals surface area contributed by atoms with Gasteiger partial charge in [-0.2, -0.15) is 0 Å². The van der Waals surface area contributed by atoms with Crippen molar-refractivity contribution in [1.29, 1.82) is 0 Å². The molecule has 0 aliphatic heterocycles. The van der Waals surface area contributed by atoms with Gasteiger partial charge < -0.3 is 20.1 Å². The van der Waals surface area contributed by atoms with Crippen LogP contribution in [0.3, 0.4) is 0 Å². The van der Waals surface area contributed by atoms with Crippen LogP contribution in [-0.2, 0) is 44.7 Å². The van der Waals surface area contributed by atoms with E-state index in [1.807, 2.05) is 0 Å². The summed E-state index contributed by atoms with van der Waals surface area (Å²) in [5.41, 5.74) is 2.79. The largest absolute Gasteiger partial charge is 0.465 e. The summed E-state index contributed by atoms with van der Waals surface area (Å²) < 4.78 is 9.94. The fraction of sp³-hybridized carbons (Fsp3) is 0.538. The molecule has 2 atom stereocenters. The van der Waals surface area contributed by atoms with Crippen LogP contribution in [0.1, 0.15) is 81.1 Å². The fourth-order valence-electron chi connectivity index (χ4n) is 4.92. The van der Waals surface area contributed by atoms with Crippen LogP contribution < -0.4 is 10.6 Å². The van der Waals surface area contributed by atoms with Crippen LogP contribution in [0.25, 0.3) is 0 Å². The number of carbonyl (C=O) groups excluding carboxylic acids is 4. The predicted molar refractivity (Wildman–Crippen MR) is 140 cm³/mol. The Balaban J connectivity index is 1.42. The minimum Gasteiger partial charge on any atom is -0.465 e. The summed E-state index contributed by atoms with van der Waals surface area (Å²) in [7, 11) is 2.67. The van der Waals surface area contributed by atoms with Crippen molar-refractivity contribution in [3.8, 4) is 0 Å². The van der Waals surface area contributed by atoms with Gasteiger partial charge in [-0.3, -0.25) is 9.59 Å². The minimum atomic E-state index is -0.457. The molecule has 0 spiro atoms. The number of anilines is 2.